The smallest absolute Gasteiger partial charge is 0.0250 e. The van der Waals surface area contributed by atoms with Gasteiger partial charge in [0.1, 0.15) is 0 Å². The van der Waals surface area contributed by atoms with Gasteiger partial charge in [-0.15, -0.1) is 0 Å². The van der Waals surface area contributed by atoms with Gasteiger partial charge < -0.3 is 5.41 Å². The summed E-state index contributed by atoms with van der Waals surface area (Å²) in [6.07, 6.45) is 11.4. The van der Waals surface area contributed by atoms with Gasteiger partial charge in [0.25, 0.3) is 0 Å². The fourth-order valence-electron chi connectivity index (χ4n) is 0.821. The van der Waals surface area contributed by atoms with E-state index < -0.39 is 0 Å². The molecule has 0 aromatic rings. The molecule has 1 aliphatic carbocycles. The Morgan fingerprint density at radius 2 is 2.30 bits per heavy atom. The lowest BCUT2D eigenvalue weighted by Gasteiger charge is -1.91. The molecule has 0 fully saturated rings. The topological polar surface area (TPSA) is 23.9 Å². The van der Waals surface area contributed by atoms with Gasteiger partial charge in [0, 0.05) is 6.21 Å². The minimum Gasteiger partial charge on any atom is -0.308 e. The SMILES string of the molecule is CC1C=CC=C(C=N)C=C1. The first kappa shape index (κ1) is 7.00. The first-order valence-electron chi connectivity index (χ1n) is 3.40. The third-order valence-corrected chi connectivity index (χ3v) is 1.46. The van der Waals surface area contributed by atoms with Crippen LogP contribution in [0.25, 0.3) is 0 Å². The van der Waals surface area contributed by atoms with Crippen LogP contribution in [0.5, 0.6) is 0 Å². The Morgan fingerprint density at radius 3 is 3.00 bits per heavy atom. The summed E-state index contributed by atoms with van der Waals surface area (Å²) in [5.74, 6) is 0.494. The Bertz CT molecular complexity index is 209. The molecule has 1 nitrogen and oxygen atoms in total. The van der Waals surface area contributed by atoms with Crippen LogP contribution in [0.3, 0.4) is 0 Å². The predicted molar refractivity (Wildman–Crippen MR) is 44.3 cm³/mol. The average molecular weight is 133 g/mol. The van der Waals surface area contributed by atoms with Crippen molar-refractivity contribution in [2.75, 3.05) is 0 Å². The van der Waals surface area contributed by atoms with Crippen LogP contribution in [0.1, 0.15) is 6.92 Å². The number of nitrogens with one attached hydrogen (secondary N) is 1. The van der Waals surface area contributed by atoms with Crippen molar-refractivity contribution in [2.24, 2.45) is 5.92 Å². The Kier molecular flexibility index (Phi) is 2.21. The van der Waals surface area contributed by atoms with Gasteiger partial charge in [0.05, 0.1) is 0 Å². The molecule has 0 saturated carbocycles. The fraction of sp³-hybridized carbons (Fsp3) is 0.222. The number of allylic oxidation sites excluding steroid dienone is 6. The van der Waals surface area contributed by atoms with E-state index in [9.17, 15) is 0 Å². The molecule has 1 unspecified atom stereocenters. The minimum absolute atomic E-state index is 0.494. The summed E-state index contributed by atoms with van der Waals surface area (Å²) in [7, 11) is 0. The van der Waals surface area contributed by atoms with E-state index in [1.165, 1.54) is 6.21 Å². The maximum absolute atomic E-state index is 6.98. The van der Waals surface area contributed by atoms with Crippen LogP contribution in [0, 0.1) is 11.3 Å². The molecule has 1 atom stereocenters. The Balaban J connectivity index is 2.80. The van der Waals surface area contributed by atoms with Crippen LogP contribution in [0.15, 0.2) is 36.0 Å². The molecule has 10 heavy (non-hydrogen) atoms. The van der Waals surface area contributed by atoms with Gasteiger partial charge in [-0.05, 0) is 11.5 Å². The van der Waals surface area contributed by atoms with Crippen molar-refractivity contribution in [1.29, 1.82) is 5.41 Å². The lowest BCUT2D eigenvalue weighted by molar-refractivity contribution is 0.942. The molecule has 0 saturated heterocycles. The monoisotopic (exact) mass is 133 g/mol. The summed E-state index contributed by atoms with van der Waals surface area (Å²) < 4.78 is 0. The minimum atomic E-state index is 0.494. The zero-order valence-corrected chi connectivity index (χ0v) is 6.04. The molecule has 0 radical (unpaired) electrons. The maximum atomic E-state index is 6.98. The normalized spacial score (nSPS) is 23.7. The lowest BCUT2D eigenvalue weighted by Crippen LogP contribution is -1.79. The highest BCUT2D eigenvalue weighted by atomic mass is 14.3. The first-order valence-corrected chi connectivity index (χ1v) is 3.40. The van der Waals surface area contributed by atoms with E-state index in [-0.39, 0.29) is 0 Å². The second kappa shape index (κ2) is 3.16. The Labute approximate surface area is 61.3 Å². The van der Waals surface area contributed by atoms with Gasteiger partial charge in [0.15, 0.2) is 0 Å². The van der Waals surface area contributed by atoms with Crippen molar-refractivity contribution in [2.45, 2.75) is 6.92 Å². The van der Waals surface area contributed by atoms with E-state index in [0.29, 0.717) is 5.92 Å². The quantitative estimate of drug-likeness (QED) is 0.531. The molecule has 1 N–H and O–H groups in total. The highest BCUT2D eigenvalue weighted by Gasteiger charge is 1.92. The van der Waals surface area contributed by atoms with E-state index in [4.69, 9.17) is 5.41 Å². The van der Waals surface area contributed by atoms with Crippen molar-refractivity contribution in [1.82, 2.24) is 0 Å². The molecule has 0 aliphatic heterocycles. The Hall–Kier alpha value is -1.11. The van der Waals surface area contributed by atoms with Gasteiger partial charge in [0.2, 0.25) is 0 Å². The number of rotatable bonds is 1. The molecule has 0 heterocycles. The maximum Gasteiger partial charge on any atom is 0.0250 e. The fourth-order valence-corrected chi connectivity index (χ4v) is 0.821. The van der Waals surface area contributed by atoms with E-state index in [1.54, 1.807) is 0 Å². The van der Waals surface area contributed by atoms with Gasteiger partial charge in [-0.2, -0.15) is 0 Å². The summed E-state index contributed by atoms with van der Waals surface area (Å²) in [5.41, 5.74) is 0.959. The van der Waals surface area contributed by atoms with Gasteiger partial charge >= 0.3 is 0 Å². The third kappa shape index (κ3) is 1.69. The summed E-state index contributed by atoms with van der Waals surface area (Å²) in [6, 6.07) is 0. The summed E-state index contributed by atoms with van der Waals surface area (Å²) in [4.78, 5) is 0. The summed E-state index contributed by atoms with van der Waals surface area (Å²) in [6.45, 7) is 2.12. The molecule has 0 bridgehead atoms. The largest absolute Gasteiger partial charge is 0.308 e. The molecule has 1 aliphatic rings. The Morgan fingerprint density at radius 1 is 1.50 bits per heavy atom. The van der Waals surface area contributed by atoms with Crippen LogP contribution in [0.2, 0.25) is 0 Å². The second-order valence-electron chi connectivity index (χ2n) is 2.41. The van der Waals surface area contributed by atoms with Gasteiger partial charge in [-0.25, -0.2) is 0 Å². The highest BCUT2D eigenvalue weighted by molar-refractivity contribution is 5.80. The number of hydrogen-bond acceptors (Lipinski definition) is 1. The van der Waals surface area contributed by atoms with Gasteiger partial charge in [-0.1, -0.05) is 37.3 Å². The zero-order chi connectivity index (χ0) is 7.40. The summed E-state index contributed by atoms with van der Waals surface area (Å²) >= 11 is 0. The van der Waals surface area contributed by atoms with Crippen molar-refractivity contribution in [3.05, 3.63) is 36.0 Å². The van der Waals surface area contributed by atoms with Crippen molar-refractivity contribution < 1.29 is 0 Å². The molecular weight excluding hydrogens is 122 g/mol. The van der Waals surface area contributed by atoms with E-state index >= 15 is 0 Å². The molecule has 1 rings (SSSR count). The first-order chi connectivity index (χ1) is 4.83. The molecule has 0 amide bonds. The van der Waals surface area contributed by atoms with Crippen LogP contribution in [-0.2, 0) is 0 Å². The standard InChI is InChI=1S/C9H11N/c1-8-3-2-4-9(7-10)6-5-8/h2-8,10H,1H3. The molecule has 0 spiro atoms. The van der Waals surface area contributed by atoms with Crippen LogP contribution >= 0.6 is 0 Å². The molecule has 0 aromatic heterocycles. The average Bonchev–Trinajstić information content (AvgIpc) is 2.14. The molecule has 0 aromatic carbocycles. The molecular formula is C9H11N. The van der Waals surface area contributed by atoms with Crippen LogP contribution in [-0.4, -0.2) is 6.21 Å². The third-order valence-electron chi connectivity index (χ3n) is 1.46. The summed E-state index contributed by atoms with van der Waals surface area (Å²) in [5, 5.41) is 6.98. The molecule has 52 valence electrons. The van der Waals surface area contributed by atoms with Crippen LogP contribution in [0.4, 0.5) is 0 Å². The van der Waals surface area contributed by atoms with Crippen molar-refractivity contribution in [3.63, 3.8) is 0 Å². The van der Waals surface area contributed by atoms with Crippen molar-refractivity contribution in [3.8, 4) is 0 Å². The van der Waals surface area contributed by atoms with E-state index in [2.05, 4.69) is 19.1 Å². The predicted octanol–water partition coefficient (Wildman–Crippen LogP) is 2.32. The van der Waals surface area contributed by atoms with Gasteiger partial charge in [-0.3, -0.25) is 0 Å². The zero-order valence-electron chi connectivity index (χ0n) is 6.04. The van der Waals surface area contributed by atoms with Crippen molar-refractivity contribution >= 4 is 6.21 Å². The second-order valence-corrected chi connectivity index (χ2v) is 2.41. The van der Waals surface area contributed by atoms with Crippen LogP contribution < -0.4 is 0 Å². The number of hydrogen-bond donors (Lipinski definition) is 1. The molecule has 1 heteroatoms. The van der Waals surface area contributed by atoms with E-state index in [1.807, 2.05) is 18.2 Å². The lowest BCUT2D eigenvalue weighted by atomic mass is 10.1. The highest BCUT2D eigenvalue weighted by Crippen LogP contribution is 2.07. The van der Waals surface area contributed by atoms with E-state index in [0.717, 1.165) is 5.57 Å².